The van der Waals surface area contributed by atoms with Crippen molar-refractivity contribution in [1.29, 1.82) is 0 Å². The number of hydrogen-bond acceptors (Lipinski definition) is 5. The fraction of sp³-hybridized carbons (Fsp3) is 0.250. The van der Waals surface area contributed by atoms with E-state index in [9.17, 15) is 12.8 Å². The second-order valence-electron chi connectivity index (χ2n) is 7.99. The van der Waals surface area contributed by atoms with Crippen LogP contribution in [0.2, 0.25) is 10.0 Å². The Bertz CT molecular complexity index is 1400. The lowest BCUT2D eigenvalue weighted by atomic mass is 9.96. The topological polar surface area (TPSA) is 84.0 Å². The molecule has 4 rings (SSSR count). The van der Waals surface area contributed by atoms with Crippen LogP contribution in [0.25, 0.3) is 0 Å². The van der Waals surface area contributed by atoms with Gasteiger partial charge in [0.2, 0.25) is 5.95 Å². The molecule has 0 aliphatic heterocycles. The molecule has 0 saturated heterocycles. The van der Waals surface area contributed by atoms with E-state index in [0.717, 1.165) is 31.0 Å². The summed E-state index contributed by atoms with van der Waals surface area (Å²) < 4.78 is 56.8. The van der Waals surface area contributed by atoms with E-state index < -0.39 is 32.9 Å². The van der Waals surface area contributed by atoms with Gasteiger partial charge in [-0.3, -0.25) is 4.72 Å². The summed E-state index contributed by atoms with van der Waals surface area (Å²) in [6, 6.07) is 6.04. The third-order valence-electron chi connectivity index (χ3n) is 5.44. The number of nitrogens with one attached hydrogen (secondary N) is 2. The average molecular weight is 537 g/mol. The third kappa shape index (κ3) is 6.20. The number of anilines is 2. The first-order valence-electron chi connectivity index (χ1n) is 10.8. The lowest BCUT2D eigenvalue weighted by molar-refractivity contribution is 0.461. The molecule has 0 radical (unpaired) electrons. The maximum absolute atomic E-state index is 15.0. The fourth-order valence-corrected chi connectivity index (χ4v) is 5.48. The van der Waals surface area contributed by atoms with Gasteiger partial charge in [-0.1, -0.05) is 54.3 Å². The van der Waals surface area contributed by atoms with Gasteiger partial charge in [-0.15, -0.1) is 0 Å². The SMILES string of the molecule is O=S(=O)(Nc1ccc(F)c(C#Cc2cnc(NC3CCCCC3)nc2)c1F)c1cc(Cl)ccc1Cl. The average Bonchev–Trinajstić information content (AvgIpc) is 2.84. The van der Waals surface area contributed by atoms with Crippen molar-refractivity contribution in [3.8, 4) is 11.8 Å². The number of benzene rings is 2. The number of hydrogen-bond donors (Lipinski definition) is 2. The zero-order valence-electron chi connectivity index (χ0n) is 18.3. The molecule has 11 heteroatoms. The summed E-state index contributed by atoms with van der Waals surface area (Å²) in [7, 11) is -4.31. The Hall–Kier alpha value is -2.93. The highest BCUT2D eigenvalue weighted by molar-refractivity contribution is 7.92. The molecule has 2 aromatic carbocycles. The maximum atomic E-state index is 15.0. The Labute approximate surface area is 212 Å². The Morgan fingerprint density at radius 2 is 1.69 bits per heavy atom. The Kier molecular flexibility index (Phi) is 7.75. The van der Waals surface area contributed by atoms with Gasteiger partial charge in [-0.2, -0.15) is 0 Å². The van der Waals surface area contributed by atoms with Crippen molar-refractivity contribution in [1.82, 2.24) is 9.97 Å². The van der Waals surface area contributed by atoms with Gasteiger partial charge in [0.05, 0.1) is 21.8 Å². The van der Waals surface area contributed by atoms with Gasteiger partial charge >= 0.3 is 0 Å². The van der Waals surface area contributed by atoms with Gasteiger partial charge in [-0.25, -0.2) is 27.2 Å². The number of halogens is 4. The second kappa shape index (κ2) is 10.8. The lowest BCUT2D eigenvalue weighted by Crippen LogP contribution is -2.23. The zero-order valence-corrected chi connectivity index (χ0v) is 20.6. The van der Waals surface area contributed by atoms with Crippen molar-refractivity contribution in [2.75, 3.05) is 10.0 Å². The molecule has 2 N–H and O–H groups in total. The highest BCUT2D eigenvalue weighted by Gasteiger charge is 2.22. The smallest absolute Gasteiger partial charge is 0.263 e. The fourth-order valence-electron chi connectivity index (χ4n) is 3.66. The van der Waals surface area contributed by atoms with E-state index in [-0.39, 0.29) is 14.9 Å². The number of sulfonamides is 1. The van der Waals surface area contributed by atoms with Crippen LogP contribution in [0.3, 0.4) is 0 Å². The van der Waals surface area contributed by atoms with Gasteiger partial charge < -0.3 is 5.32 Å². The predicted octanol–water partition coefficient (Wildman–Crippen LogP) is 6.01. The third-order valence-corrected chi connectivity index (χ3v) is 7.52. The predicted molar refractivity (Wildman–Crippen MR) is 132 cm³/mol. The lowest BCUT2D eigenvalue weighted by Gasteiger charge is -2.22. The molecule has 1 aromatic heterocycles. The maximum Gasteiger partial charge on any atom is 0.263 e. The number of rotatable bonds is 5. The van der Waals surface area contributed by atoms with E-state index in [1.165, 1.54) is 43.8 Å². The minimum Gasteiger partial charge on any atom is -0.351 e. The highest BCUT2D eigenvalue weighted by Crippen LogP contribution is 2.29. The van der Waals surface area contributed by atoms with Crippen molar-refractivity contribution in [2.45, 2.75) is 43.0 Å². The molecule has 1 aliphatic rings. The standard InChI is InChI=1S/C24H20Cl2F2N4O2S/c25-16-7-9-19(26)22(12-16)35(33,34)32-21-11-10-20(27)18(23(21)28)8-6-15-13-29-24(30-14-15)31-17-4-2-1-3-5-17/h7,9-14,17,32H,1-5H2,(H,29,30,31). The molecule has 3 aromatic rings. The van der Waals surface area contributed by atoms with Gasteiger partial charge in [0.25, 0.3) is 10.0 Å². The summed E-state index contributed by atoms with van der Waals surface area (Å²) in [6.07, 6.45) is 8.60. The molecule has 0 unspecified atom stereocenters. The van der Waals surface area contributed by atoms with Crippen LogP contribution in [0.5, 0.6) is 0 Å². The molecule has 1 saturated carbocycles. The van der Waals surface area contributed by atoms with Crippen LogP contribution in [0.4, 0.5) is 20.4 Å². The van der Waals surface area contributed by atoms with E-state index in [2.05, 4.69) is 31.8 Å². The number of aromatic nitrogens is 2. The summed E-state index contributed by atoms with van der Waals surface area (Å²) in [5, 5.41) is 3.30. The quantitative estimate of drug-likeness (QED) is 0.390. The molecule has 182 valence electrons. The van der Waals surface area contributed by atoms with Gasteiger partial charge in [0, 0.05) is 23.5 Å². The van der Waals surface area contributed by atoms with Crippen LogP contribution in [0.15, 0.2) is 47.6 Å². The molecule has 0 bridgehead atoms. The summed E-state index contributed by atoms with van der Waals surface area (Å²) in [5.41, 5.74) is -0.753. The summed E-state index contributed by atoms with van der Waals surface area (Å²) >= 11 is 11.8. The van der Waals surface area contributed by atoms with E-state index >= 15 is 4.39 Å². The van der Waals surface area contributed by atoms with Crippen LogP contribution in [0.1, 0.15) is 43.2 Å². The highest BCUT2D eigenvalue weighted by atomic mass is 35.5. The number of nitrogens with zero attached hydrogens (tertiary/aromatic N) is 2. The van der Waals surface area contributed by atoms with E-state index in [1.807, 2.05) is 0 Å². The minimum atomic E-state index is -4.31. The van der Waals surface area contributed by atoms with Crippen molar-refractivity contribution < 1.29 is 17.2 Å². The summed E-state index contributed by atoms with van der Waals surface area (Å²) in [4.78, 5) is 8.09. The molecule has 1 fully saturated rings. The molecule has 0 spiro atoms. The monoisotopic (exact) mass is 536 g/mol. The van der Waals surface area contributed by atoms with Gasteiger partial charge in [0.1, 0.15) is 10.7 Å². The van der Waals surface area contributed by atoms with Crippen molar-refractivity contribution in [3.63, 3.8) is 0 Å². The van der Waals surface area contributed by atoms with Gasteiger partial charge in [-0.05, 0) is 43.2 Å². The summed E-state index contributed by atoms with van der Waals surface area (Å²) in [5.74, 6) is 3.36. The molecule has 0 amide bonds. The van der Waals surface area contributed by atoms with Crippen LogP contribution in [-0.4, -0.2) is 24.4 Å². The zero-order chi connectivity index (χ0) is 25.0. The Morgan fingerprint density at radius 3 is 2.40 bits per heavy atom. The van der Waals surface area contributed by atoms with E-state index in [4.69, 9.17) is 23.2 Å². The Morgan fingerprint density at radius 1 is 0.971 bits per heavy atom. The normalized spacial score (nSPS) is 14.2. The first-order valence-corrected chi connectivity index (χ1v) is 13.0. The van der Waals surface area contributed by atoms with E-state index in [0.29, 0.717) is 17.6 Å². The largest absolute Gasteiger partial charge is 0.351 e. The molecule has 1 aliphatic carbocycles. The van der Waals surface area contributed by atoms with Crippen molar-refractivity contribution in [3.05, 3.63) is 75.5 Å². The minimum absolute atomic E-state index is 0.106. The van der Waals surface area contributed by atoms with Crippen molar-refractivity contribution >= 4 is 44.9 Å². The van der Waals surface area contributed by atoms with Crippen molar-refractivity contribution in [2.24, 2.45) is 0 Å². The first kappa shape index (κ1) is 25.2. The molecule has 6 nitrogen and oxygen atoms in total. The van der Waals surface area contributed by atoms with Crippen LogP contribution < -0.4 is 10.0 Å². The molecule has 35 heavy (non-hydrogen) atoms. The van der Waals surface area contributed by atoms with Crippen LogP contribution in [0, 0.1) is 23.5 Å². The first-order chi connectivity index (χ1) is 16.7. The molecular weight excluding hydrogens is 517 g/mol. The molecular formula is C24H20Cl2F2N4O2S. The molecule has 1 heterocycles. The van der Waals surface area contributed by atoms with Gasteiger partial charge in [0.15, 0.2) is 5.82 Å². The summed E-state index contributed by atoms with van der Waals surface area (Å²) in [6.45, 7) is 0. The van der Waals surface area contributed by atoms with Crippen LogP contribution in [-0.2, 0) is 10.0 Å². The second-order valence-corrected chi connectivity index (χ2v) is 10.5. The van der Waals surface area contributed by atoms with E-state index in [1.54, 1.807) is 0 Å². The Balaban J connectivity index is 1.54. The van der Waals surface area contributed by atoms with Crippen LogP contribution >= 0.6 is 23.2 Å². The molecule has 0 atom stereocenters.